The lowest BCUT2D eigenvalue weighted by atomic mass is 9.90. The van der Waals surface area contributed by atoms with Crippen LogP contribution in [0.2, 0.25) is 0 Å². The molecule has 0 saturated heterocycles. The molecule has 3 rings (SSSR count). The third kappa shape index (κ3) is 4.74. The number of carbonyl (C=O) groups is 3. The molecule has 2 aromatic rings. The monoisotopic (exact) mass is 468 g/mol. The van der Waals surface area contributed by atoms with Crippen LogP contribution in [-0.4, -0.2) is 53.4 Å². The van der Waals surface area contributed by atoms with Crippen LogP contribution in [0.3, 0.4) is 0 Å². The molecule has 1 heterocycles. The van der Waals surface area contributed by atoms with E-state index >= 15 is 0 Å². The van der Waals surface area contributed by atoms with Gasteiger partial charge >= 0.3 is 5.97 Å². The van der Waals surface area contributed by atoms with Gasteiger partial charge in [0.25, 0.3) is 5.91 Å². The molecule has 7 heteroatoms. The topological polar surface area (TPSA) is 77.8 Å². The number of aromatic nitrogens is 1. The number of carbonyl (C=O) groups excluding carboxylic acids is 3. The Labute approximate surface area is 202 Å². The number of benzene rings is 1. The largest absolute Gasteiger partial charge is 0.497 e. The standard InChI is InChI=1S/C27H36N2O5/c1-7-28-18(3)23(17(2)24(28)27(32)34-6)25(30)19(4)29(21-13-9-8-10-14-21)26(31)20-12-11-15-22(16-20)33-5/h11-12,15-16,19,21H,7-10,13-14H2,1-6H3. The minimum absolute atomic E-state index is 0.0136. The molecule has 1 atom stereocenters. The van der Waals surface area contributed by atoms with Crippen molar-refractivity contribution in [3.8, 4) is 5.75 Å². The molecule has 1 aromatic carbocycles. The molecule has 184 valence electrons. The fourth-order valence-electron chi connectivity index (χ4n) is 5.27. The zero-order valence-electron chi connectivity index (χ0n) is 21.1. The SMILES string of the molecule is CCn1c(C)c(C(=O)C(C)N(C(=O)c2cccc(OC)c2)C2CCCCC2)c(C)c1C(=O)OC. The van der Waals surface area contributed by atoms with E-state index in [9.17, 15) is 14.4 Å². The van der Waals surface area contributed by atoms with Crippen LogP contribution in [0.5, 0.6) is 5.75 Å². The molecule has 0 aliphatic heterocycles. The average molecular weight is 469 g/mol. The van der Waals surface area contributed by atoms with E-state index < -0.39 is 12.0 Å². The van der Waals surface area contributed by atoms with Gasteiger partial charge in [-0.15, -0.1) is 0 Å². The van der Waals surface area contributed by atoms with Gasteiger partial charge in [0.2, 0.25) is 0 Å². The number of amides is 1. The number of ketones is 1. The number of ether oxygens (including phenoxy) is 2. The number of hydrogen-bond acceptors (Lipinski definition) is 5. The van der Waals surface area contributed by atoms with Crippen molar-refractivity contribution in [3.63, 3.8) is 0 Å². The highest BCUT2D eigenvalue weighted by atomic mass is 16.5. The lowest BCUT2D eigenvalue weighted by molar-refractivity contribution is 0.0486. The maximum absolute atomic E-state index is 13.9. The van der Waals surface area contributed by atoms with Crippen molar-refractivity contribution in [2.75, 3.05) is 14.2 Å². The Kier molecular flexibility index (Phi) is 8.18. The lowest BCUT2D eigenvalue weighted by Gasteiger charge is -2.38. The second-order valence-corrected chi connectivity index (χ2v) is 8.95. The van der Waals surface area contributed by atoms with Crippen LogP contribution in [0.1, 0.15) is 88.4 Å². The van der Waals surface area contributed by atoms with E-state index in [4.69, 9.17) is 9.47 Å². The normalized spacial score (nSPS) is 15.0. The van der Waals surface area contributed by atoms with Crippen molar-refractivity contribution < 1.29 is 23.9 Å². The van der Waals surface area contributed by atoms with Crippen LogP contribution in [0.4, 0.5) is 0 Å². The Bertz CT molecular complexity index is 1070. The molecule has 0 spiro atoms. The van der Waals surface area contributed by atoms with E-state index in [1.54, 1.807) is 50.1 Å². The van der Waals surface area contributed by atoms with Crippen LogP contribution < -0.4 is 4.74 Å². The molecule has 0 bridgehead atoms. The van der Waals surface area contributed by atoms with Crippen LogP contribution >= 0.6 is 0 Å². The van der Waals surface area contributed by atoms with Gasteiger partial charge in [-0.1, -0.05) is 25.3 Å². The van der Waals surface area contributed by atoms with Crippen molar-refractivity contribution >= 4 is 17.7 Å². The third-order valence-corrected chi connectivity index (χ3v) is 7.02. The molecular formula is C27H36N2O5. The summed E-state index contributed by atoms with van der Waals surface area (Å²) < 4.78 is 12.1. The highest BCUT2D eigenvalue weighted by molar-refractivity contribution is 6.07. The van der Waals surface area contributed by atoms with Gasteiger partial charge in [0.15, 0.2) is 5.78 Å². The van der Waals surface area contributed by atoms with Gasteiger partial charge in [-0.3, -0.25) is 9.59 Å². The summed E-state index contributed by atoms with van der Waals surface area (Å²) in [6, 6.07) is 6.37. The molecule has 1 aliphatic rings. The lowest BCUT2D eigenvalue weighted by Crippen LogP contribution is -2.50. The molecule has 0 N–H and O–H groups in total. The van der Waals surface area contributed by atoms with E-state index in [0.29, 0.717) is 34.7 Å². The van der Waals surface area contributed by atoms with Crippen molar-refractivity contribution in [3.05, 3.63) is 52.3 Å². The Morgan fingerprint density at radius 3 is 2.38 bits per heavy atom. The first-order valence-corrected chi connectivity index (χ1v) is 12.1. The average Bonchev–Trinajstić information content (AvgIpc) is 3.12. The number of methoxy groups -OCH3 is 2. The summed E-state index contributed by atoms with van der Waals surface area (Å²) in [5.41, 5.74) is 2.70. The highest BCUT2D eigenvalue weighted by Gasteiger charge is 2.37. The minimum atomic E-state index is -0.683. The van der Waals surface area contributed by atoms with Crippen molar-refractivity contribution in [1.29, 1.82) is 0 Å². The second kappa shape index (κ2) is 10.9. The predicted molar refractivity (Wildman–Crippen MR) is 131 cm³/mol. The fraction of sp³-hybridized carbons (Fsp3) is 0.519. The molecule has 1 fully saturated rings. The Hall–Kier alpha value is -3.09. The number of esters is 1. The van der Waals surface area contributed by atoms with Crippen molar-refractivity contribution in [2.45, 2.75) is 78.4 Å². The number of hydrogen-bond donors (Lipinski definition) is 0. The molecular weight excluding hydrogens is 432 g/mol. The first-order chi connectivity index (χ1) is 16.3. The molecule has 1 aromatic heterocycles. The summed E-state index contributed by atoms with van der Waals surface area (Å²) in [6.07, 6.45) is 4.94. The first kappa shape index (κ1) is 25.5. The molecule has 0 radical (unpaired) electrons. The van der Waals surface area contributed by atoms with E-state index in [2.05, 4.69) is 0 Å². The molecule has 1 unspecified atom stereocenters. The van der Waals surface area contributed by atoms with Gasteiger partial charge in [-0.2, -0.15) is 0 Å². The van der Waals surface area contributed by atoms with E-state index in [-0.39, 0.29) is 17.7 Å². The summed E-state index contributed by atoms with van der Waals surface area (Å²) in [7, 11) is 2.91. The van der Waals surface area contributed by atoms with E-state index in [1.807, 2.05) is 18.4 Å². The van der Waals surface area contributed by atoms with Gasteiger partial charge in [0.05, 0.1) is 20.3 Å². The summed E-state index contributed by atoms with van der Waals surface area (Å²) in [6.45, 7) is 7.89. The zero-order valence-corrected chi connectivity index (χ0v) is 21.1. The minimum Gasteiger partial charge on any atom is -0.497 e. The molecule has 1 aliphatic carbocycles. The van der Waals surface area contributed by atoms with Crippen LogP contribution in [-0.2, 0) is 11.3 Å². The van der Waals surface area contributed by atoms with Crippen LogP contribution in [0.25, 0.3) is 0 Å². The Balaban J connectivity index is 2.05. The van der Waals surface area contributed by atoms with Gasteiger partial charge < -0.3 is 18.9 Å². The zero-order chi connectivity index (χ0) is 25.0. The van der Waals surface area contributed by atoms with Gasteiger partial charge in [0, 0.05) is 29.4 Å². The van der Waals surface area contributed by atoms with Crippen LogP contribution in [0, 0.1) is 13.8 Å². The molecule has 1 saturated carbocycles. The summed E-state index contributed by atoms with van der Waals surface area (Å²) in [5, 5.41) is 0. The third-order valence-electron chi connectivity index (χ3n) is 7.02. The maximum Gasteiger partial charge on any atom is 0.354 e. The second-order valence-electron chi connectivity index (χ2n) is 8.95. The van der Waals surface area contributed by atoms with Gasteiger partial charge in [-0.25, -0.2) is 4.79 Å². The van der Waals surface area contributed by atoms with E-state index in [0.717, 1.165) is 37.8 Å². The highest BCUT2D eigenvalue weighted by Crippen LogP contribution is 2.30. The Morgan fingerprint density at radius 2 is 1.79 bits per heavy atom. The predicted octanol–water partition coefficient (Wildman–Crippen LogP) is 4.97. The fourth-order valence-corrected chi connectivity index (χ4v) is 5.27. The molecule has 7 nitrogen and oxygen atoms in total. The smallest absolute Gasteiger partial charge is 0.354 e. The van der Waals surface area contributed by atoms with Crippen LogP contribution in [0.15, 0.2) is 24.3 Å². The summed E-state index contributed by atoms with van der Waals surface area (Å²) >= 11 is 0. The van der Waals surface area contributed by atoms with E-state index in [1.165, 1.54) is 7.11 Å². The van der Waals surface area contributed by atoms with Crippen molar-refractivity contribution in [2.24, 2.45) is 0 Å². The first-order valence-electron chi connectivity index (χ1n) is 12.1. The van der Waals surface area contributed by atoms with Gasteiger partial charge in [-0.05, 0) is 64.3 Å². The number of nitrogens with zero attached hydrogens (tertiary/aromatic N) is 2. The maximum atomic E-state index is 13.9. The summed E-state index contributed by atoms with van der Waals surface area (Å²) in [5.74, 6) is -0.201. The quantitative estimate of drug-likeness (QED) is 0.404. The van der Waals surface area contributed by atoms with Crippen molar-refractivity contribution in [1.82, 2.24) is 9.47 Å². The molecule has 34 heavy (non-hydrogen) atoms. The Morgan fingerprint density at radius 1 is 1.12 bits per heavy atom. The molecule has 1 amide bonds. The number of Topliss-reactive ketones (excluding diaryl/α,β-unsaturated/α-hetero) is 1. The number of rotatable bonds is 8. The van der Waals surface area contributed by atoms with Gasteiger partial charge in [0.1, 0.15) is 11.4 Å². The summed E-state index contributed by atoms with van der Waals surface area (Å²) in [4.78, 5) is 42.0.